The lowest BCUT2D eigenvalue weighted by molar-refractivity contribution is 0.0810. The van der Waals surface area contributed by atoms with Crippen molar-refractivity contribution in [2.45, 2.75) is 51.3 Å². The molecule has 0 bridgehead atoms. The fourth-order valence-electron chi connectivity index (χ4n) is 4.16. The Kier molecular flexibility index (Phi) is 6.50. The Morgan fingerprint density at radius 3 is 2.59 bits per heavy atom. The highest BCUT2D eigenvalue weighted by molar-refractivity contribution is 6.76. The van der Waals surface area contributed by atoms with Gasteiger partial charge in [-0.15, -0.1) is 0 Å². The number of fused-ring (bicyclic) bond motifs is 1. The molecule has 0 saturated carbocycles. The Hall–Kier alpha value is -2.49. The van der Waals surface area contributed by atoms with Crippen molar-refractivity contribution in [2.24, 2.45) is 0 Å². The van der Waals surface area contributed by atoms with Gasteiger partial charge in [-0.2, -0.15) is 0 Å². The van der Waals surface area contributed by atoms with Crippen LogP contribution in [0.25, 0.3) is 16.6 Å². The van der Waals surface area contributed by atoms with Gasteiger partial charge in [-0.3, -0.25) is 9.36 Å². The van der Waals surface area contributed by atoms with Crippen molar-refractivity contribution in [2.75, 3.05) is 19.7 Å². The van der Waals surface area contributed by atoms with Crippen molar-refractivity contribution in [3.05, 3.63) is 63.3 Å². The zero-order valence-corrected chi connectivity index (χ0v) is 19.9. The molecule has 1 fully saturated rings. The van der Waals surface area contributed by atoms with Crippen LogP contribution >= 0.6 is 0 Å². The molecule has 0 amide bonds. The first-order valence-corrected chi connectivity index (χ1v) is 14.9. The number of aromatic nitrogens is 3. The summed E-state index contributed by atoms with van der Waals surface area (Å²) in [4.78, 5) is 25.5. The maximum absolute atomic E-state index is 14.6. The fraction of sp³-hybridized carbons (Fsp3) is 0.478. The first-order valence-electron chi connectivity index (χ1n) is 11.2. The molecule has 0 unspecified atom stereocenters. The minimum Gasteiger partial charge on any atom is -0.361 e. The highest BCUT2D eigenvalue weighted by atomic mass is 28.3. The number of nitrogens with zero attached hydrogens (tertiary/aromatic N) is 3. The van der Waals surface area contributed by atoms with E-state index in [1.54, 1.807) is 0 Å². The van der Waals surface area contributed by atoms with Gasteiger partial charge in [0.05, 0.1) is 11.2 Å². The normalized spacial score (nSPS) is 15.5. The van der Waals surface area contributed by atoms with Crippen molar-refractivity contribution in [1.29, 1.82) is 0 Å². The number of hydrogen-bond acceptors (Lipinski definition) is 4. The Balaban J connectivity index is 1.70. The molecular formula is C23H31FN4O3Si. The summed E-state index contributed by atoms with van der Waals surface area (Å²) in [7, 11) is -1.28. The summed E-state index contributed by atoms with van der Waals surface area (Å²) < 4.78 is 24.8. The molecule has 7 nitrogen and oxygen atoms in total. The average Bonchev–Trinajstić information content (AvgIpc) is 3.16. The second-order valence-corrected chi connectivity index (χ2v) is 15.3. The molecule has 0 radical (unpaired) electrons. The molecule has 2 aromatic heterocycles. The molecule has 3 aromatic rings. The van der Waals surface area contributed by atoms with Gasteiger partial charge in [0.15, 0.2) is 0 Å². The minimum atomic E-state index is -1.28. The zero-order chi connectivity index (χ0) is 22.9. The predicted molar refractivity (Wildman–Crippen MR) is 127 cm³/mol. The van der Waals surface area contributed by atoms with Crippen LogP contribution in [0.5, 0.6) is 0 Å². The summed E-state index contributed by atoms with van der Waals surface area (Å²) in [5.74, 6) is -0.419. The first kappa shape index (κ1) is 22.7. The molecule has 1 aromatic carbocycles. The lowest BCUT2D eigenvalue weighted by atomic mass is 10.1. The molecule has 1 saturated heterocycles. The number of halogens is 1. The van der Waals surface area contributed by atoms with Gasteiger partial charge in [0, 0.05) is 44.6 Å². The van der Waals surface area contributed by atoms with E-state index in [9.17, 15) is 14.0 Å². The van der Waals surface area contributed by atoms with Gasteiger partial charge in [0.1, 0.15) is 12.5 Å². The summed E-state index contributed by atoms with van der Waals surface area (Å²) in [6.07, 6.45) is 5.31. The Bertz CT molecular complexity index is 1220. The second-order valence-electron chi connectivity index (χ2n) is 9.64. The van der Waals surface area contributed by atoms with Crippen LogP contribution in [0.4, 0.5) is 4.39 Å². The summed E-state index contributed by atoms with van der Waals surface area (Å²) >= 11 is 0. The third kappa shape index (κ3) is 4.79. The van der Waals surface area contributed by atoms with E-state index < -0.39 is 25.1 Å². The summed E-state index contributed by atoms with van der Waals surface area (Å²) in [6.45, 7) is 8.95. The van der Waals surface area contributed by atoms with Crippen molar-refractivity contribution in [3.8, 4) is 5.69 Å². The molecule has 1 aliphatic rings. The first-order chi connectivity index (χ1) is 15.2. The highest BCUT2D eigenvalue weighted by Crippen LogP contribution is 2.29. The zero-order valence-electron chi connectivity index (χ0n) is 18.9. The van der Waals surface area contributed by atoms with Crippen LogP contribution in [0.1, 0.15) is 18.9 Å². The topological polar surface area (TPSA) is 70.2 Å². The summed E-state index contributed by atoms with van der Waals surface area (Å²) in [5.41, 5.74) is 0.211. The molecule has 1 N–H and O–H groups in total. The Morgan fingerprint density at radius 1 is 1.12 bits per heavy atom. The number of nitrogens with one attached hydrogen (secondary N) is 1. The lowest BCUT2D eigenvalue weighted by Gasteiger charge is -2.25. The van der Waals surface area contributed by atoms with E-state index >= 15 is 0 Å². The third-order valence-electron chi connectivity index (χ3n) is 6.03. The van der Waals surface area contributed by atoms with E-state index in [1.165, 1.54) is 29.0 Å². The van der Waals surface area contributed by atoms with Gasteiger partial charge in [-0.1, -0.05) is 19.6 Å². The lowest BCUT2D eigenvalue weighted by Crippen LogP contribution is -2.39. The average molecular weight is 459 g/mol. The van der Waals surface area contributed by atoms with E-state index in [-0.39, 0.29) is 12.8 Å². The molecule has 9 heteroatoms. The van der Waals surface area contributed by atoms with Crippen LogP contribution in [0.2, 0.25) is 25.7 Å². The highest BCUT2D eigenvalue weighted by Gasteiger charge is 2.19. The summed E-state index contributed by atoms with van der Waals surface area (Å²) in [5, 5.41) is 4.12. The maximum Gasteiger partial charge on any atom is 0.337 e. The minimum absolute atomic E-state index is 0.114. The Labute approximate surface area is 187 Å². The SMILES string of the molecule is C[Si](C)(C)CCOCn1c(=O)ccn(-c2cc(F)cc3c2ccn3C2CCNCC2)c1=O. The quantitative estimate of drug-likeness (QED) is 0.436. The second kappa shape index (κ2) is 9.17. The standard InChI is InChI=1S/C23H31FN4O3Si/c1-32(2,3)13-12-31-16-28-22(29)7-11-27(23(28)30)21-15-17(24)14-20-19(21)6-10-26(20)18-4-8-25-9-5-18/h6-7,10-11,14-15,18,25H,4-5,8-9,12-13,16H2,1-3H3. The molecule has 0 spiro atoms. The van der Waals surface area contributed by atoms with E-state index in [0.29, 0.717) is 12.3 Å². The molecule has 0 aliphatic carbocycles. The van der Waals surface area contributed by atoms with E-state index in [2.05, 4.69) is 29.5 Å². The van der Waals surface area contributed by atoms with Crippen LogP contribution in [-0.2, 0) is 11.5 Å². The smallest absolute Gasteiger partial charge is 0.337 e. The van der Waals surface area contributed by atoms with Crippen LogP contribution in [0.15, 0.2) is 46.2 Å². The number of ether oxygens (including phenoxy) is 1. The number of rotatable bonds is 7. The number of benzene rings is 1. The molecular weight excluding hydrogens is 427 g/mol. The number of hydrogen-bond donors (Lipinski definition) is 1. The number of piperidine rings is 1. The van der Waals surface area contributed by atoms with E-state index in [0.717, 1.165) is 47.4 Å². The van der Waals surface area contributed by atoms with Gasteiger partial charge in [0.2, 0.25) is 0 Å². The monoisotopic (exact) mass is 458 g/mol. The van der Waals surface area contributed by atoms with Crippen molar-refractivity contribution in [1.82, 2.24) is 19.0 Å². The van der Waals surface area contributed by atoms with E-state index in [1.807, 2.05) is 12.3 Å². The van der Waals surface area contributed by atoms with Gasteiger partial charge in [-0.25, -0.2) is 13.8 Å². The van der Waals surface area contributed by atoms with Gasteiger partial charge in [-0.05, 0) is 50.2 Å². The molecule has 1 aliphatic heterocycles. The molecule has 0 atom stereocenters. The van der Waals surface area contributed by atoms with Gasteiger partial charge in [0.25, 0.3) is 5.56 Å². The largest absolute Gasteiger partial charge is 0.361 e. The molecule has 4 rings (SSSR count). The van der Waals surface area contributed by atoms with Gasteiger partial charge >= 0.3 is 5.69 Å². The third-order valence-corrected chi connectivity index (χ3v) is 7.73. The maximum atomic E-state index is 14.6. The van der Waals surface area contributed by atoms with Crippen LogP contribution in [0.3, 0.4) is 0 Å². The van der Waals surface area contributed by atoms with Crippen LogP contribution in [-0.4, -0.2) is 41.5 Å². The van der Waals surface area contributed by atoms with E-state index in [4.69, 9.17) is 4.74 Å². The van der Waals surface area contributed by atoms with Crippen molar-refractivity contribution >= 4 is 19.0 Å². The Morgan fingerprint density at radius 2 is 1.88 bits per heavy atom. The van der Waals surface area contributed by atoms with Crippen LogP contribution < -0.4 is 16.6 Å². The van der Waals surface area contributed by atoms with Crippen LogP contribution in [0, 0.1) is 5.82 Å². The van der Waals surface area contributed by atoms with Gasteiger partial charge < -0.3 is 14.6 Å². The van der Waals surface area contributed by atoms with Crippen molar-refractivity contribution < 1.29 is 9.13 Å². The molecule has 32 heavy (non-hydrogen) atoms. The predicted octanol–water partition coefficient (Wildman–Crippen LogP) is 3.33. The summed E-state index contributed by atoms with van der Waals surface area (Å²) in [6, 6.07) is 7.33. The molecule has 3 heterocycles. The van der Waals surface area contributed by atoms with Crippen molar-refractivity contribution in [3.63, 3.8) is 0 Å². The fourth-order valence-corrected chi connectivity index (χ4v) is 4.92. The molecule has 172 valence electrons.